The predicted molar refractivity (Wildman–Crippen MR) is 104 cm³/mol. The second-order valence-corrected chi connectivity index (χ2v) is 6.07. The first kappa shape index (κ1) is 21.1. The third-order valence-corrected chi connectivity index (χ3v) is 4.10. The molecular formula is C21H33NO3. The Morgan fingerprint density at radius 1 is 1.12 bits per heavy atom. The minimum atomic E-state index is -0.0539. The van der Waals surface area contributed by atoms with Crippen LogP contribution in [-0.4, -0.2) is 25.7 Å². The average molecular weight is 347 g/mol. The van der Waals surface area contributed by atoms with Crippen molar-refractivity contribution in [3.63, 3.8) is 0 Å². The fraction of sp³-hybridized carbons (Fsp3) is 0.571. The molecule has 0 bridgehead atoms. The first-order valence-electron chi connectivity index (χ1n) is 9.50. The number of hydrogen-bond donors (Lipinski definition) is 1. The summed E-state index contributed by atoms with van der Waals surface area (Å²) in [7, 11) is 0. The van der Waals surface area contributed by atoms with Crippen LogP contribution in [0, 0.1) is 5.92 Å². The average Bonchev–Trinajstić information content (AvgIpc) is 2.62. The Morgan fingerprint density at radius 3 is 2.48 bits per heavy atom. The van der Waals surface area contributed by atoms with Gasteiger partial charge < -0.3 is 14.8 Å². The summed E-state index contributed by atoms with van der Waals surface area (Å²) >= 11 is 0. The van der Waals surface area contributed by atoms with Crippen LogP contribution >= 0.6 is 0 Å². The van der Waals surface area contributed by atoms with Crippen molar-refractivity contribution in [2.24, 2.45) is 5.92 Å². The van der Waals surface area contributed by atoms with Gasteiger partial charge in [-0.2, -0.15) is 0 Å². The van der Waals surface area contributed by atoms with Gasteiger partial charge in [0, 0.05) is 12.6 Å². The van der Waals surface area contributed by atoms with E-state index in [1.807, 2.05) is 32.0 Å². The third kappa shape index (κ3) is 8.10. The molecule has 1 rings (SSSR count). The highest BCUT2D eigenvalue weighted by molar-refractivity contribution is 5.91. The molecule has 0 radical (unpaired) electrons. The summed E-state index contributed by atoms with van der Waals surface area (Å²) in [4.78, 5) is 12.0. The molecule has 0 aliphatic carbocycles. The molecule has 0 aromatic heterocycles. The zero-order chi connectivity index (χ0) is 18.5. The maximum Gasteiger partial charge on any atom is 0.244 e. The van der Waals surface area contributed by atoms with E-state index in [0.29, 0.717) is 24.9 Å². The number of carbonyl (C=O) groups excluding carboxylic acids is 1. The molecule has 1 atom stereocenters. The largest absolute Gasteiger partial charge is 0.490 e. The van der Waals surface area contributed by atoms with Gasteiger partial charge in [0.05, 0.1) is 13.2 Å². The van der Waals surface area contributed by atoms with Crippen LogP contribution in [0.4, 0.5) is 0 Å². The summed E-state index contributed by atoms with van der Waals surface area (Å²) in [5.74, 6) is 1.94. The van der Waals surface area contributed by atoms with Gasteiger partial charge in [0.15, 0.2) is 11.5 Å². The highest BCUT2D eigenvalue weighted by Gasteiger charge is 2.07. The fourth-order valence-corrected chi connectivity index (χ4v) is 2.59. The topological polar surface area (TPSA) is 47.6 Å². The van der Waals surface area contributed by atoms with Gasteiger partial charge in [-0.1, -0.05) is 39.2 Å². The quantitative estimate of drug-likeness (QED) is 0.551. The SMILES string of the molecule is CCCCC(CC)CNC(=O)/C=C/c1ccc(OCC)c(OCC)c1. The van der Waals surface area contributed by atoms with E-state index in [2.05, 4.69) is 19.2 Å². The molecule has 1 aromatic carbocycles. The predicted octanol–water partition coefficient (Wildman–Crippen LogP) is 4.83. The minimum absolute atomic E-state index is 0.0539. The lowest BCUT2D eigenvalue weighted by Crippen LogP contribution is -2.27. The summed E-state index contributed by atoms with van der Waals surface area (Å²) in [6, 6.07) is 5.70. The molecule has 1 aromatic rings. The molecule has 0 spiro atoms. The Hall–Kier alpha value is -1.97. The van der Waals surface area contributed by atoms with Crippen molar-refractivity contribution in [2.45, 2.75) is 53.4 Å². The van der Waals surface area contributed by atoms with E-state index in [1.165, 1.54) is 19.3 Å². The zero-order valence-corrected chi connectivity index (χ0v) is 16.1. The molecule has 1 unspecified atom stereocenters. The molecule has 0 aliphatic rings. The molecule has 25 heavy (non-hydrogen) atoms. The lowest BCUT2D eigenvalue weighted by atomic mass is 9.99. The molecule has 0 saturated heterocycles. The summed E-state index contributed by atoms with van der Waals surface area (Å²) in [6.07, 6.45) is 8.08. The van der Waals surface area contributed by atoms with Crippen LogP contribution in [-0.2, 0) is 4.79 Å². The second kappa shape index (κ2) is 12.4. The lowest BCUT2D eigenvalue weighted by Gasteiger charge is -2.14. The molecule has 140 valence electrons. The van der Waals surface area contributed by atoms with Gasteiger partial charge in [-0.3, -0.25) is 4.79 Å². The Balaban J connectivity index is 2.61. The van der Waals surface area contributed by atoms with E-state index in [0.717, 1.165) is 24.3 Å². The number of hydrogen-bond acceptors (Lipinski definition) is 3. The van der Waals surface area contributed by atoms with Crippen molar-refractivity contribution in [3.8, 4) is 11.5 Å². The Bertz CT molecular complexity index is 540. The third-order valence-electron chi connectivity index (χ3n) is 4.10. The van der Waals surface area contributed by atoms with Gasteiger partial charge >= 0.3 is 0 Å². The number of rotatable bonds is 12. The van der Waals surface area contributed by atoms with Gasteiger partial charge in [0.2, 0.25) is 5.91 Å². The summed E-state index contributed by atoms with van der Waals surface area (Å²) in [5.41, 5.74) is 0.917. The smallest absolute Gasteiger partial charge is 0.244 e. The van der Waals surface area contributed by atoms with Gasteiger partial charge in [-0.15, -0.1) is 0 Å². The van der Waals surface area contributed by atoms with E-state index in [4.69, 9.17) is 9.47 Å². The van der Waals surface area contributed by atoms with E-state index in [-0.39, 0.29) is 5.91 Å². The fourth-order valence-electron chi connectivity index (χ4n) is 2.59. The van der Waals surface area contributed by atoms with E-state index < -0.39 is 0 Å². The normalized spacial score (nSPS) is 12.2. The van der Waals surface area contributed by atoms with Crippen molar-refractivity contribution in [3.05, 3.63) is 29.8 Å². The van der Waals surface area contributed by atoms with Gasteiger partial charge in [0.1, 0.15) is 0 Å². The number of carbonyl (C=O) groups is 1. The number of benzene rings is 1. The summed E-state index contributed by atoms with van der Waals surface area (Å²) in [5, 5.41) is 3.00. The van der Waals surface area contributed by atoms with Crippen LogP contribution in [0.3, 0.4) is 0 Å². The van der Waals surface area contributed by atoms with Gasteiger partial charge in [-0.25, -0.2) is 0 Å². The van der Waals surface area contributed by atoms with Crippen molar-refractivity contribution in [1.82, 2.24) is 5.32 Å². The molecule has 0 fully saturated rings. The standard InChI is InChI=1S/C21H33NO3/c1-5-9-10-17(6-2)16-22-21(23)14-12-18-11-13-19(24-7-3)20(15-18)25-8-4/h11-15,17H,5-10,16H2,1-4H3,(H,22,23)/b14-12+. The van der Waals surface area contributed by atoms with E-state index >= 15 is 0 Å². The molecule has 0 heterocycles. The monoisotopic (exact) mass is 347 g/mol. The van der Waals surface area contributed by atoms with E-state index in [1.54, 1.807) is 12.2 Å². The van der Waals surface area contributed by atoms with Crippen LogP contribution in [0.5, 0.6) is 11.5 Å². The first-order valence-corrected chi connectivity index (χ1v) is 9.50. The van der Waals surface area contributed by atoms with Crippen LogP contribution in [0.2, 0.25) is 0 Å². The molecule has 0 saturated carbocycles. The summed E-state index contributed by atoms with van der Waals surface area (Å²) in [6.45, 7) is 10.2. The van der Waals surface area contributed by atoms with Crippen molar-refractivity contribution in [2.75, 3.05) is 19.8 Å². The number of amides is 1. The summed E-state index contributed by atoms with van der Waals surface area (Å²) < 4.78 is 11.2. The van der Waals surface area contributed by atoms with Crippen LogP contribution in [0.25, 0.3) is 6.08 Å². The van der Waals surface area contributed by atoms with Gasteiger partial charge in [0.25, 0.3) is 0 Å². The van der Waals surface area contributed by atoms with Crippen LogP contribution in [0.1, 0.15) is 58.9 Å². The van der Waals surface area contributed by atoms with Crippen molar-refractivity contribution >= 4 is 12.0 Å². The van der Waals surface area contributed by atoms with Crippen LogP contribution < -0.4 is 14.8 Å². The molecule has 4 heteroatoms. The Labute approximate surface area is 152 Å². The molecular weight excluding hydrogens is 314 g/mol. The highest BCUT2D eigenvalue weighted by Crippen LogP contribution is 2.29. The number of nitrogens with one attached hydrogen (secondary N) is 1. The molecule has 0 aliphatic heterocycles. The Morgan fingerprint density at radius 2 is 1.84 bits per heavy atom. The van der Waals surface area contributed by atoms with E-state index in [9.17, 15) is 4.79 Å². The molecule has 4 nitrogen and oxygen atoms in total. The first-order chi connectivity index (χ1) is 12.1. The van der Waals surface area contributed by atoms with Crippen LogP contribution in [0.15, 0.2) is 24.3 Å². The van der Waals surface area contributed by atoms with Crippen molar-refractivity contribution in [1.29, 1.82) is 0 Å². The minimum Gasteiger partial charge on any atom is -0.490 e. The lowest BCUT2D eigenvalue weighted by molar-refractivity contribution is -0.116. The zero-order valence-electron chi connectivity index (χ0n) is 16.1. The Kier molecular flexibility index (Phi) is 10.5. The maximum absolute atomic E-state index is 12.0. The maximum atomic E-state index is 12.0. The molecule has 1 N–H and O–H groups in total. The highest BCUT2D eigenvalue weighted by atomic mass is 16.5. The van der Waals surface area contributed by atoms with Crippen molar-refractivity contribution < 1.29 is 14.3 Å². The number of unbranched alkanes of at least 4 members (excludes halogenated alkanes) is 1. The van der Waals surface area contributed by atoms with Gasteiger partial charge in [-0.05, 0) is 50.0 Å². The second-order valence-electron chi connectivity index (χ2n) is 6.07. The number of ether oxygens (including phenoxy) is 2. The molecule has 1 amide bonds.